The molecule has 1 heterocycles. The van der Waals surface area contributed by atoms with Crippen molar-refractivity contribution < 1.29 is 38.5 Å². The number of hydrogen-bond acceptors (Lipinski definition) is 8. The van der Waals surface area contributed by atoms with Crippen LogP contribution >= 0.6 is 0 Å². The van der Waals surface area contributed by atoms with Crippen molar-refractivity contribution in [2.75, 3.05) is 13.2 Å². The first kappa shape index (κ1) is 27.8. The van der Waals surface area contributed by atoms with Gasteiger partial charge in [-0.05, 0) is 76.5 Å². The molecular formula is C28H38O8. The molecule has 198 valence electrons. The minimum atomic E-state index is -0.579. The molecule has 6 rings (SSSR count). The number of esters is 4. The first-order chi connectivity index (χ1) is 17.1. The molecule has 0 amide bonds. The fourth-order valence-corrected chi connectivity index (χ4v) is 5.28. The van der Waals surface area contributed by atoms with Gasteiger partial charge in [-0.2, -0.15) is 0 Å². The summed E-state index contributed by atoms with van der Waals surface area (Å²) in [7, 11) is 0. The summed E-state index contributed by atoms with van der Waals surface area (Å²) < 4.78 is 14.5. The van der Waals surface area contributed by atoms with Gasteiger partial charge in [0.15, 0.2) is 0 Å². The topological polar surface area (TPSA) is 116 Å². The zero-order valence-corrected chi connectivity index (χ0v) is 21.4. The lowest BCUT2D eigenvalue weighted by Gasteiger charge is -2.37. The second-order valence-corrected chi connectivity index (χ2v) is 11.0. The molecule has 2 fully saturated rings. The number of hydrogen-bond donors (Lipinski definition) is 1. The maximum absolute atomic E-state index is 11.9. The highest BCUT2D eigenvalue weighted by Gasteiger charge is 2.41. The van der Waals surface area contributed by atoms with Gasteiger partial charge < -0.3 is 19.3 Å². The standard InChI is InChI=1S/C13H20O2.C11H16O3.C4H2O3/c1-13(2,3)15-12(14)11-8-9-4-6-10(11)7-5-9;12-4-1-5-14-11(13)10-7-8-2-3-9(10)6-8;5-3-1-2-4(6)7-3/h4,6,9-11H,5,7-8H2,1-3H3;2-3,8-10,12H,1,4-7H2;1-2H. The maximum atomic E-state index is 11.9. The average molecular weight is 503 g/mol. The largest absolute Gasteiger partial charge is 0.465 e. The van der Waals surface area contributed by atoms with E-state index in [4.69, 9.17) is 14.6 Å². The molecule has 6 unspecified atom stereocenters. The normalized spacial score (nSPS) is 30.8. The first-order valence-corrected chi connectivity index (χ1v) is 12.9. The van der Waals surface area contributed by atoms with Gasteiger partial charge >= 0.3 is 23.9 Å². The summed E-state index contributed by atoms with van der Waals surface area (Å²) >= 11 is 0. The van der Waals surface area contributed by atoms with Gasteiger partial charge in [-0.15, -0.1) is 0 Å². The van der Waals surface area contributed by atoms with Crippen molar-refractivity contribution in [3.8, 4) is 0 Å². The lowest BCUT2D eigenvalue weighted by molar-refractivity contribution is -0.163. The van der Waals surface area contributed by atoms with E-state index in [-0.39, 0.29) is 36.0 Å². The number of ether oxygens (including phenoxy) is 3. The molecule has 0 spiro atoms. The van der Waals surface area contributed by atoms with Crippen LogP contribution in [0.2, 0.25) is 0 Å². The predicted octanol–water partition coefficient (Wildman–Crippen LogP) is 3.68. The number of allylic oxidation sites excluding steroid dienone is 4. The smallest absolute Gasteiger partial charge is 0.338 e. The SMILES string of the molecule is CC(C)(C)OC(=O)C1CC2C=CC1CC2.O=C(OCCCO)C1CC2C=CC1C2.O=C1C=CC(=O)O1. The number of carbonyl (C=O) groups excluding carboxylic acids is 4. The van der Waals surface area contributed by atoms with E-state index in [0.717, 1.165) is 37.8 Å². The molecule has 36 heavy (non-hydrogen) atoms. The molecule has 0 aromatic rings. The van der Waals surface area contributed by atoms with E-state index in [1.807, 2.05) is 20.8 Å². The Balaban J connectivity index is 0.000000160. The van der Waals surface area contributed by atoms with E-state index in [0.29, 0.717) is 36.7 Å². The second-order valence-electron chi connectivity index (χ2n) is 11.0. The number of carbonyl (C=O) groups is 4. The lowest BCUT2D eigenvalue weighted by Crippen LogP contribution is -2.37. The Morgan fingerprint density at radius 2 is 1.50 bits per heavy atom. The van der Waals surface area contributed by atoms with Gasteiger partial charge in [0.1, 0.15) is 5.60 Å². The Kier molecular flexibility index (Phi) is 9.65. The van der Waals surface area contributed by atoms with Crippen molar-refractivity contribution in [2.45, 2.75) is 64.9 Å². The zero-order chi connectivity index (χ0) is 26.3. The minimum Gasteiger partial charge on any atom is -0.465 e. The number of cyclic esters (lactones) is 2. The number of aliphatic hydroxyl groups excluding tert-OH is 1. The van der Waals surface area contributed by atoms with E-state index in [1.165, 1.54) is 6.42 Å². The molecule has 1 N–H and O–H groups in total. The van der Waals surface area contributed by atoms with Gasteiger partial charge in [0.25, 0.3) is 0 Å². The zero-order valence-electron chi connectivity index (χ0n) is 21.4. The predicted molar refractivity (Wildman–Crippen MR) is 131 cm³/mol. The van der Waals surface area contributed by atoms with E-state index in [1.54, 1.807) is 0 Å². The third-order valence-corrected chi connectivity index (χ3v) is 6.97. The fraction of sp³-hybridized carbons (Fsp3) is 0.643. The Labute approximate surface area is 212 Å². The van der Waals surface area contributed by atoms with Gasteiger partial charge in [0.05, 0.1) is 18.4 Å². The maximum Gasteiger partial charge on any atom is 0.338 e. The van der Waals surface area contributed by atoms with Crippen molar-refractivity contribution in [2.24, 2.45) is 35.5 Å². The molecule has 0 radical (unpaired) electrons. The molecule has 0 aromatic carbocycles. The molecule has 5 aliphatic carbocycles. The summed E-state index contributed by atoms with van der Waals surface area (Å²) in [5.41, 5.74) is -0.350. The average Bonchev–Trinajstić information content (AvgIpc) is 3.57. The quantitative estimate of drug-likeness (QED) is 0.199. The van der Waals surface area contributed by atoms with Crippen molar-refractivity contribution in [1.82, 2.24) is 0 Å². The first-order valence-electron chi connectivity index (χ1n) is 12.9. The highest BCUT2D eigenvalue weighted by atomic mass is 16.6. The van der Waals surface area contributed by atoms with Gasteiger partial charge in [-0.1, -0.05) is 24.3 Å². The summed E-state index contributed by atoms with van der Waals surface area (Å²) in [5, 5.41) is 8.55. The van der Waals surface area contributed by atoms with Crippen LogP contribution in [-0.4, -0.2) is 47.8 Å². The van der Waals surface area contributed by atoms with Crippen LogP contribution in [0, 0.1) is 35.5 Å². The highest BCUT2D eigenvalue weighted by molar-refractivity contribution is 6.04. The van der Waals surface area contributed by atoms with Gasteiger partial charge in [0.2, 0.25) is 0 Å². The van der Waals surface area contributed by atoms with Crippen LogP contribution < -0.4 is 0 Å². The van der Waals surface area contributed by atoms with E-state index in [9.17, 15) is 19.2 Å². The summed E-state index contributed by atoms with van der Waals surface area (Å²) in [6, 6.07) is 0. The summed E-state index contributed by atoms with van der Waals surface area (Å²) in [6.45, 7) is 6.24. The molecule has 4 bridgehead atoms. The summed E-state index contributed by atoms with van der Waals surface area (Å²) in [5.74, 6) is 1.05. The van der Waals surface area contributed by atoms with E-state index < -0.39 is 11.9 Å². The number of aliphatic hydroxyl groups is 1. The monoisotopic (exact) mass is 502 g/mol. The molecule has 0 aromatic heterocycles. The van der Waals surface area contributed by atoms with Crippen molar-refractivity contribution >= 4 is 23.9 Å². The van der Waals surface area contributed by atoms with Crippen LogP contribution in [0.1, 0.15) is 59.3 Å². The third kappa shape index (κ3) is 8.15. The summed E-state index contributed by atoms with van der Waals surface area (Å²) in [6.07, 6.45) is 17.0. The van der Waals surface area contributed by atoms with Crippen LogP contribution in [-0.2, 0) is 33.4 Å². The van der Waals surface area contributed by atoms with Crippen LogP contribution in [0.25, 0.3) is 0 Å². The second kappa shape index (κ2) is 12.5. The molecule has 8 heteroatoms. The third-order valence-electron chi connectivity index (χ3n) is 6.97. The summed E-state index contributed by atoms with van der Waals surface area (Å²) in [4.78, 5) is 43.4. The van der Waals surface area contributed by atoms with Gasteiger partial charge in [0, 0.05) is 25.2 Å². The Morgan fingerprint density at radius 1 is 0.889 bits per heavy atom. The lowest BCUT2D eigenvalue weighted by atomic mass is 9.69. The van der Waals surface area contributed by atoms with Crippen molar-refractivity contribution in [3.63, 3.8) is 0 Å². The molecule has 0 saturated heterocycles. The minimum absolute atomic E-state index is 0.00144. The molecular weight excluding hydrogens is 464 g/mol. The van der Waals surface area contributed by atoms with Crippen molar-refractivity contribution in [3.05, 3.63) is 36.5 Å². The molecule has 8 nitrogen and oxygen atoms in total. The number of rotatable bonds is 5. The number of fused-ring (bicyclic) bond motifs is 4. The van der Waals surface area contributed by atoms with E-state index >= 15 is 0 Å². The van der Waals surface area contributed by atoms with Crippen LogP contribution in [0.4, 0.5) is 0 Å². The van der Waals surface area contributed by atoms with Gasteiger partial charge in [-0.3, -0.25) is 9.59 Å². The molecule has 6 atom stereocenters. The van der Waals surface area contributed by atoms with Gasteiger partial charge in [-0.25, -0.2) is 9.59 Å². The Morgan fingerprint density at radius 3 is 1.92 bits per heavy atom. The van der Waals surface area contributed by atoms with Crippen LogP contribution in [0.3, 0.4) is 0 Å². The van der Waals surface area contributed by atoms with Crippen LogP contribution in [0.5, 0.6) is 0 Å². The molecule has 1 aliphatic heterocycles. The highest BCUT2D eigenvalue weighted by Crippen LogP contribution is 2.44. The van der Waals surface area contributed by atoms with E-state index in [2.05, 4.69) is 29.0 Å². The molecule has 6 aliphatic rings. The Hall–Kier alpha value is -2.74. The Bertz CT molecular complexity index is 893. The fourth-order valence-electron chi connectivity index (χ4n) is 5.28. The molecule has 2 saturated carbocycles. The van der Waals surface area contributed by atoms with Crippen molar-refractivity contribution in [1.29, 1.82) is 0 Å². The van der Waals surface area contributed by atoms with Crippen LogP contribution in [0.15, 0.2) is 36.5 Å².